The van der Waals surface area contributed by atoms with Gasteiger partial charge in [0.05, 0.1) is 37.0 Å². The molecule has 0 saturated heterocycles. The van der Waals surface area contributed by atoms with Crippen molar-refractivity contribution in [3.8, 4) is 6.01 Å². The SMILES string of the molecule is COc1ncc(NC(=O)c2ccoc2)cn1. The molecule has 0 radical (unpaired) electrons. The smallest absolute Gasteiger partial charge is 0.316 e. The molecule has 82 valence electrons. The second-order valence-electron chi connectivity index (χ2n) is 2.92. The summed E-state index contributed by atoms with van der Waals surface area (Å²) in [6.07, 6.45) is 5.72. The Morgan fingerprint density at radius 2 is 2.19 bits per heavy atom. The maximum atomic E-state index is 11.6. The van der Waals surface area contributed by atoms with Gasteiger partial charge in [0.1, 0.15) is 6.26 Å². The Labute approximate surface area is 91.3 Å². The summed E-state index contributed by atoms with van der Waals surface area (Å²) >= 11 is 0. The van der Waals surface area contributed by atoms with Crippen LogP contribution in [0.3, 0.4) is 0 Å². The number of rotatable bonds is 3. The van der Waals surface area contributed by atoms with Crippen molar-refractivity contribution in [2.45, 2.75) is 0 Å². The number of methoxy groups -OCH3 is 1. The second kappa shape index (κ2) is 4.43. The monoisotopic (exact) mass is 219 g/mol. The molecule has 0 aromatic carbocycles. The van der Waals surface area contributed by atoms with Crippen LogP contribution in [0.5, 0.6) is 6.01 Å². The zero-order valence-corrected chi connectivity index (χ0v) is 8.51. The first kappa shape index (κ1) is 10.2. The van der Waals surface area contributed by atoms with E-state index in [0.717, 1.165) is 0 Å². The number of anilines is 1. The van der Waals surface area contributed by atoms with Crippen LogP contribution in [0.1, 0.15) is 10.4 Å². The van der Waals surface area contributed by atoms with E-state index in [2.05, 4.69) is 15.3 Å². The topological polar surface area (TPSA) is 77.2 Å². The number of hydrogen-bond acceptors (Lipinski definition) is 5. The summed E-state index contributed by atoms with van der Waals surface area (Å²) in [6, 6.07) is 1.82. The molecule has 1 N–H and O–H groups in total. The van der Waals surface area contributed by atoms with Crippen molar-refractivity contribution in [3.05, 3.63) is 36.5 Å². The van der Waals surface area contributed by atoms with E-state index in [1.54, 1.807) is 6.07 Å². The number of ether oxygens (including phenoxy) is 1. The minimum absolute atomic E-state index is 0.251. The normalized spacial score (nSPS) is 9.81. The van der Waals surface area contributed by atoms with Gasteiger partial charge in [-0.2, -0.15) is 0 Å². The maximum Gasteiger partial charge on any atom is 0.316 e. The van der Waals surface area contributed by atoms with Gasteiger partial charge in [0.15, 0.2) is 0 Å². The number of carbonyl (C=O) groups is 1. The molecule has 0 aliphatic rings. The number of furan rings is 1. The van der Waals surface area contributed by atoms with Gasteiger partial charge >= 0.3 is 6.01 Å². The predicted octanol–water partition coefficient (Wildman–Crippen LogP) is 1.33. The average Bonchev–Trinajstić information content (AvgIpc) is 2.83. The summed E-state index contributed by atoms with van der Waals surface area (Å²) in [5.74, 6) is -0.275. The number of amides is 1. The van der Waals surface area contributed by atoms with E-state index in [-0.39, 0.29) is 11.9 Å². The molecule has 2 heterocycles. The Kier molecular flexibility index (Phi) is 2.81. The van der Waals surface area contributed by atoms with Gasteiger partial charge in [-0.05, 0) is 6.07 Å². The van der Waals surface area contributed by atoms with Crippen LogP contribution >= 0.6 is 0 Å². The molecule has 2 aromatic heterocycles. The molecule has 0 aliphatic heterocycles. The molecular formula is C10H9N3O3. The highest BCUT2D eigenvalue weighted by Crippen LogP contribution is 2.09. The summed E-state index contributed by atoms with van der Waals surface area (Å²) in [7, 11) is 1.47. The van der Waals surface area contributed by atoms with Gasteiger partial charge in [-0.25, -0.2) is 9.97 Å². The Balaban J connectivity index is 2.06. The molecule has 0 atom stereocenters. The lowest BCUT2D eigenvalue weighted by Crippen LogP contribution is -2.11. The molecule has 6 nitrogen and oxygen atoms in total. The molecule has 6 heteroatoms. The van der Waals surface area contributed by atoms with Crippen molar-refractivity contribution in [1.82, 2.24) is 9.97 Å². The fourth-order valence-corrected chi connectivity index (χ4v) is 1.08. The molecule has 0 saturated carbocycles. The van der Waals surface area contributed by atoms with Crippen LogP contribution in [0, 0.1) is 0 Å². The van der Waals surface area contributed by atoms with Gasteiger partial charge in [0, 0.05) is 0 Å². The highest BCUT2D eigenvalue weighted by atomic mass is 16.5. The Morgan fingerprint density at radius 3 is 2.75 bits per heavy atom. The molecule has 0 unspecified atom stereocenters. The summed E-state index contributed by atoms with van der Waals surface area (Å²) in [6.45, 7) is 0. The van der Waals surface area contributed by atoms with E-state index in [4.69, 9.17) is 9.15 Å². The zero-order valence-electron chi connectivity index (χ0n) is 8.51. The van der Waals surface area contributed by atoms with Crippen molar-refractivity contribution >= 4 is 11.6 Å². The van der Waals surface area contributed by atoms with Gasteiger partial charge in [-0.3, -0.25) is 4.79 Å². The van der Waals surface area contributed by atoms with Gasteiger partial charge in [0.2, 0.25) is 0 Å². The molecule has 0 spiro atoms. The largest absolute Gasteiger partial charge is 0.472 e. The fraction of sp³-hybridized carbons (Fsp3) is 0.100. The minimum Gasteiger partial charge on any atom is -0.472 e. The van der Waals surface area contributed by atoms with Crippen LogP contribution in [0.25, 0.3) is 0 Å². The van der Waals surface area contributed by atoms with Crippen molar-refractivity contribution < 1.29 is 13.9 Å². The van der Waals surface area contributed by atoms with Gasteiger partial charge < -0.3 is 14.5 Å². The summed E-state index contributed by atoms with van der Waals surface area (Å²) in [4.78, 5) is 19.3. The minimum atomic E-state index is -0.275. The Bertz CT molecular complexity index is 465. The van der Waals surface area contributed by atoms with Crippen LogP contribution in [-0.4, -0.2) is 23.0 Å². The van der Waals surface area contributed by atoms with Crippen molar-refractivity contribution in [3.63, 3.8) is 0 Å². The van der Waals surface area contributed by atoms with Crippen LogP contribution in [0.2, 0.25) is 0 Å². The van der Waals surface area contributed by atoms with E-state index in [9.17, 15) is 4.79 Å². The van der Waals surface area contributed by atoms with E-state index in [0.29, 0.717) is 11.3 Å². The summed E-state index contributed by atoms with van der Waals surface area (Å²) in [5, 5.41) is 2.62. The molecule has 2 rings (SSSR count). The third-order valence-electron chi connectivity index (χ3n) is 1.85. The first-order chi connectivity index (χ1) is 7.79. The molecule has 2 aromatic rings. The quantitative estimate of drug-likeness (QED) is 0.842. The molecule has 1 amide bonds. The van der Waals surface area contributed by atoms with E-state index in [1.165, 1.54) is 32.0 Å². The Morgan fingerprint density at radius 1 is 1.44 bits per heavy atom. The fourth-order valence-electron chi connectivity index (χ4n) is 1.08. The lowest BCUT2D eigenvalue weighted by molar-refractivity contribution is 0.102. The summed E-state index contributed by atoms with van der Waals surface area (Å²) in [5.41, 5.74) is 0.933. The van der Waals surface area contributed by atoms with E-state index in [1.807, 2.05) is 0 Å². The molecule has 0 bridgehead atoms. The van der Waals surface area contributed by atoms with Crippen LogP contribution in [0.15, 0.2) is 35.4 Å². The highest BCUT2D eigenvalue weighted by Gasteiger charge is 2.07. The van der Waals surface area contributed by atoms with Crippen LogP contribution in [-0.2, 0) is 0 Å². The average molecular weight is 219 g/mol. The van der Waals surface area contributed by atoms with Crippen molar-refractivity contribution in [2.24, 2.45) is 0 Å². The van der Waals surface area contributed by atoms with Crippen molar-refractivity contribution in [2.75, 3.05) is 12.4 Å². The van der Waals surface area contributed by atoms with E-state index >= 15 is 0 Å². The van der Waals surface area contributed by atoms with Gasteiger partial charge in [-0.1, -0.05) is 0 Å². The number of nitrogens with zero attached hydrogens (tertiary/aromatic N) is 2. The van der Waals surface area contributed by atoms with E-state index < -0.39 is 0 Å². The van der Waals surface area contributed by atoms with Gasteiger partial charge in [0.25, 0.3) is 5.91 Å². The maximum absolute atomic E-state index is 11.6. The van der Waals surface area contributed by atoms with Crippen LogP contribution in [0.4, 0.5) is 5.69 Å². The highest BCUT2D eigenvalue weighted by molar-refractivity contribution is 6.03. The first-order valence-electron chi connectivity index (χ1n) is 4.49. The lowest BCUT2D eigenvalue weighted by Gasteiger charge is -2.02. The predicted molar refractivity (Wildman–Crippen MR) is 55.2 cm³/mol. The number of nitrogens with one attached hydrogen (secondary N) is 1. The Hall–Kier alpha value is -2.37. The second-order valence-corrected chi connectivity index (χ2v) is 2.92. The van der Waals surface area contributed by atoms with Gasteiger partial charge in [-0.15, -0.1) is 0 Å². The molecule has 0 aliphatic carbocycles. The summed E-state index contributed by atoms with van der Waals surface area (Å²) < 4.78 is 9.59. The lowest BCUT2D eigenvalue weighted by atomic mass is 10.3. The molecule has 0 fully saturated rings. The first-order valence-corrected chi connectivity index (χ1v) is 4.49. The standard InChI is InChI=1S/C10H9N3O3/c1-15-10-11-4-8(5-12-10)13-9(14)7-2-3-16-6-7/h2-6H,1H3,(H,13,14). The number of carbonyl (C=O) groups excluding carboxylic acids is 1. The molecule has 16 heavy (non-hydrogen) atoms. The third kappa shape index (κ3) is 2.17. The number of aromatic nitrogens is 2. The zero-order chi connectivity index (χ0) is 11.4. The number of hydrogen-bond donors (Lipinski definition) is 1. The van der Waals surface area contributed by atoms with Crippen LogP contribution < -0.4 is 10.1 Å². The molecular weight excluding hydrogens is 210 g/mol. The third-order valence-corrected chi connectivity index (χ3v) is 1.85. The van der Waals surface area contributed by atoms with Crippen molar-refractivity contribution in [1.29, 1.82) is 0 Å².